The van der Waals surface area contributed by atoms with Crippen molar-refractivity contribution in [1.29, 1.82) is 0 Å². The molecule has 1 aromatic heterocycles. The van der Waals surface area contributed by atoms with Gasteiger partial charge in [-0.15, -0.1) is 0 Å². The Morgan fingerprint density at radius 1 is 1.10 bits per heavy atom. The van der Waals surface area contributed by atoms with E-state index >= 15 is 0 Å². The fraction of sp³-hybridized carbons (Fsp3) is 0.667. The van der Waals surface area contributed by atoms with Gasteiger partial charge in [0.2, 0.25) is 0 Å². The van der Waals surface area contributed by atoms with Gasteiger partial charge in [-0.25, -0.2) is 0 Å². The maximum atomic E-state index is 6.01. The molecule has 0 saturated carbocycles. The molecule has 116 valence electrons. The maximum absolute atomic E-state index is 6.01. The maximum Gasteiger partial charge on any atom is 0.496 e. The Bertz CT molecular complexity index is 462. The summed E-state index contributed by atoms with van der Waals surface area (Å²) in [5.41, 5.74) is 0.148. The zero-order valence-electron chi connectivity index (χ0n) is 13.5. The highest BCUT2D eigenvalue weighted by Crippen LogP contribution is 2.36. The summed E-state index contributed by atoms with van der Waals surface area (Å²) >= 11 is 0. The van der Waals surface area contributed by atoms with E-state index in [2.05, 4.69) is 4.98 Å². The van der Waals surface area contributed by atoms with E-state index in [4.69, 9.17) is 18.8 Å². The molecule has 1 aliphatic rings. The number of rotatable bonds is 6. The quantitative estimate of drug-likeness (QED) is 0.591. The van der Waals surface area contributed by atoms with Crippen molar-refractivity contribution in [2.75, 3.05) is 19.8 Å². The second kappa shape index (κ2) is 6.34. The van der Waals surface area contributed by atoms with Crippen molar-refractivity contribution >= 4 is 12.6 Å². The molecule has 1 fully saturated rings. The van der Waals surface area contributed by atoms with Crippen molar-refractivity contribution in [2.45, 2.75) is 45.8 Å². The first kappa shape index (κ1) is 16.3. The first-order valence-electron chi connectivity index (χ1n) is 7.37. The highest BCUT2D eigenvalue weighted by atomic mass is 16.7. The lowest BCUT2D eigenvalue weighted by molar-refractivity contribution is 0.00578. The largest absolute Gasteiger partial charge is 0.496 e. The van der Waals surface area contributed by atoms with Crippen LogP contribution in [0.3, 0.4) is 0 Å². The smallest absolute Gasteiger partial charge is 0.490 e. The third-order valence-electron chi connectivity index (χ3n) is 3.96. The highest BCUT2D eigenvalue weighted by molar-refractivity contribution is 6.62. The molecule has 1 aromatic rings. The average molecular weight is 293 g/mol. The monoisotopic (exact) mass is 293 g/mol. The van der Waals surface area contributed by atoms with Gasteiger partial charge in [0.25, 0.3) is 0 Å². The predicted molar refractivity (Wildman–Crippen MR) is 81.9 cm³/mol. The van der Waals surface area contributed by atoms with Gasteiger partial charge in [0, 0.05) is 18.3 Å². The standard InChI is InChI=1S/C15H24BNO4/c1-6-18-7-8-19-13-9-12(10-17-11-13)16-20-14(2,3)15(4,5)21-16/h9-11H,6-8H2,1-5H3. The van der Waals surface area contributed by atoms with Gasteiger partial charge in [-0.1, -0.05) is 0 Å². The summed E-state index contributed by atoms with van der Waals surface area (Å²) in [7, 11) is -0.419. The Balaban J connectivity index is 2.02. The van der Waals surface area contributed by atoms with E-state index in [1.807, 2.05) is 40.7 Å². The summed E-state index contributed by atoms with van der Waals surface area (Å²) in [4.78, 5) is 4.20. The first-order valence-corrected chi connectivity index (χ1v) is 7.37. The van der Waals surface area contributed by atoms with Crippen LogP contribution in [0.4, 0.5) is 0 Å². The molecule has 6 heteroatoms. The van der Waals surface area contributed by atoms with Gasteiger partial charge < -0.3 is 18.8 Å². The van der Waals surface area contributed by atoms with Crippen LogP contribution in [0.5, 0.6) is 5.75 Å². The van der Waals surface area contributed by atoms with Gasteiger partial charge >= 0.3 is 7.12 Å². The lowest BCUT2D eigenvalue weighted by Crippen LogP contribution is -2.41. The summed E-state index contributed by atoms with van der Waals surface area (Å²) in [5, 5.41) is 0. The lowest BCUT2D eigenvalue weighted by Gasteiger charge is -2.32. The van der Waals surface area contributed by atoms with Crippen molar-refractivity contribution in [2.24, 2.45) is 0 Å². The fourth-order valence-corrected chi connectivity index (χ4v) is 1.99. The van der Waals surface area contributed by atoms with Crippen LogP contribution in [-0.2, 0) is 14.0 Å². The molecule has 0 spiro atoms. The number of nitrogens with zero attached hydrogens (tertiary/aromatic N) is 1. The number of hydrogen-bond donors (Lipinski definition) is 0. The molecule has 0 atom stereocenters. The average Bonchev–Trinajstić information content (AvgIpc) is 2.64. The van der Waals surface area contributed by atoms with Crippen LogP contribution in [0.1, 0.15) is 34.6 Å². The van der Waals surface area contributed by atoms with Crippen LogP contribution in [0.15, 0.2) is 18.5 Å². The van der Waals surface area contributed by atoms with Crippen LogP contribution in [0, 0.1) is 0 Å². The molecular formula is C15H24BNO4. The van der Waals surface area contributed by atoms with E-state index in [1.54, 1.807) is 12.4 Å². The molecule has 0 unspecified atom stereocenters. The van der Waals surface area contributed by atoms with Crippen LogP contribution in [0.25, 0.3) is 0 Å². The van der Waals surface area contributed by atoms with Crippen molar-refractivity contribution in [3.05, 3.63) is 18.5 Å². The molecule has 21 heavy (non-hydrogen) atoms. The molecule has 0 amide bonds. The van der Waals surface area contributed by atoms with Gasteiger partial charge in [-0.3, -0.25) is 4.98 Å². The Kier molecular flexibility index (Phi) is 4.91. The molecule has 0 aromatic carbocycles. The van der Waals surface area contributed by atoms with Crippen molar-refractivity contribution in [3.8, 4) is 5.75 Å². The summed E-state index contributed by atoms with van der Waals surface area (Å²) < 4.78 is 22.9. The fourth-order valence-electron chi connectivity index (χ4n) is 1.99. The SMILES string of the molecule is CCOCCOc1cncc(B2OC(C)(C)C(C)(C)O2)c1. The molecule has 1 saturated heterocycles. The second-order valence-corrected chi connectivity index (χ2v) is 6.09. The van der Waals surface area contributed by atoms with E-state index < -0.39 is 7.12 Å². The first-order chi connectivity index (χ1) is 9.86. The van der Waals surface area contributed by atoms with Crippen molar-refractivity contribution in [1.82, 2.24) is 4.98 Å². The molecule has 0 bridgehead atoms. The predicted octanol–water partition coefficient (Wildman–Crippen LogP) is 1.80. The van der Waals surface area contributed by atoms with Crippen LogP contribution >= 0.6 is 0 Å². The summed E-state index contributed by atoms with van der Waals surface area (Å²) in [6.07, 6.45) is 3.43. The third kappa shape index (κ3) is 3.76. The van der Waals surface area contributed by atoms with Gasteiger partial charge in [0.05, 0.1) is 24.0 Å². The third-order valence-corrected chi connectivity index (χ3v) is 3.96. The zero-order chi connectivity index (χ0) is 15.5. The van der Waals surface area contributed by atoms with Crippen LogP contribution in [0.2, 0.25) is 0 Å². The minimum atomic E-state index is -0.419. The van der Waals surface area contributed by atoms with E-state index in [0.717, 1.165) is 5.46 Å². The Morgan fingerprint density at radius 3 is 2.38 bits per heavy atom. The van der Waals surface area contributed by atoms with E-state index in [-0.39, 0.29) is 11.2 Å². The molecule has 0 aliphatic carbocycles. The number of ether oxygens (including phenoxy) is 2. The van der Waals surface area contributed by atoms with Crippen LogP contribution < -0.4 is 10.2 Å². The molecule has 5 nitrogen and oxygen atoms in total. The summed E-state index contributed by atoms with van der Waals surface area (Å²) in [6, 6.07) is 1.90. The van der Waals surface area contributed by atoms with E-state index in [1.165, 1.54) is 0 Å². The topological polar surface area (TPSA) is 49.8 Å². The number of aromatic nitrogens is 1. The number of pyridine rings is 1. The summed E-state index contributed by atoms with van der Waals surface area (Å²) in [6.45, 7) is 11.8. The normalized spacial score (nSPS) is 19.8. The molecule has 0 radical (unpaired) electrons. The minimum Gasteiger partial charge on any atom is -0.490 e. The second-order valence-electron chi connectivity index (χ2n) is 6.09. The molecule has 1 aliphatic heterocycles. The van der Waals surface area contributed by atoms with Gasteiger partial charge in [-0.05, 0) is 40.7 Å². The Hall–Kier alpha value is -1.11. The molecular weight excluding hydrogens is 269 g/mol. The van der Waals surface area contributed by atoms with E-state index in [9.17, 15) is 0 Å². The van der Waals surface area contributed by atoms with Gasteiger partial charge in [0.15, 0.2) is 0 Å². The Morgan fingerprint density at radius 2 is 1.76 bits per heavy atom. The molecule has 2 heterocycles. The highest BCUT2D eigenvalue weighted by Gasteiger charge is 2.51. The molecule has 0 N–H and O–H groups in total. The van der Waals surface area contributed by atoms with Gasteiger partial charge in [0.1, 0.15) is 12.4 Å². The lowest BCUT2D eigenvalue weighted by atomic mass is 9.80. The van der Waals surface area contributed by atoms with Crippen molar-refractivity contribution in [3.63, 3.8) is 0 Å². The summed E-state index contributed by atoms with van der Waals surface area (Å²) in [5.74, 6) is 0.696. The minimum absolute atomic E-state index is 0.358. The van der Waals surface area contributed by atoms with Crippen LogP contribution in [-0.4, -0.2) is 43.1 Å². The van der Waals surface area contributed by atoms with Gasteiger partial charge in [-0.2, -0.15) is 0 Å². The zero-order valence-corrected chi connectivity index (χ0v) is 13.5. The molecule has 2 rings (SSSR count). The number of hydrogen-bond acceptors (Lipinski definition) is 5. The van der Waals surface area contributed by atoms with E-state index in [0.29, 0.717) is 25.6 Å². The van der Waals surface area contributed by atoms with Crippen molar-refractivity contribution < 1.29 is 18.8 Å². The Labute approximate surface area is 127 Å².